The van der Waals surface area contributed by atoms with Crippen LogP contribution in [0.15, 0.2) is 18.2 Å². The maximum Gasteiger partial charge on any atom is 0.138 e. The predicted molar refractivity (Wildman–Crippen MR) is 73.7 cm³/mol. The molecule has 1 aromatic carbocycles. The average Bonchev–Trinajstić information content (AvgIpc) is 2.57. The van der Waals surface area contributed by atoms with Crippen LogP contribution in [0.2, 0.25) is 5.02 Å². The van der Waals surface area contributed by atoms with Crippen molar-refractivity contribution in [3.05, 3.63) is 29.0 Å². The Labute approximate surface area is 132 Å². The van der Waals surface area contributed by atoms with Crippen LogP contribution in [0.3, 0.4) is 0 Å². The van der Waals surface area contributed by atoms with E-state index in [0.717, 1.165) is 18.6 Å². The summed E-state index contributed by atoms with van der Waals surface area (Å²) in [6.45, 7) is 0. The van der Waals surface area contributed by atoms with Gasteiger partial charge in [0.1, 0.15) is 11.9 Å². The fourth-order valence-corrected chi connectivity index (χ4v) is 3.46. The molecule has 0 aliphatic carbocycles. The fraction of sp³-hybridized carbons (Fsp3) is 0.571. The smallest absolute Gasteiger partial charge is 0.138 e. The van der Waals surface area contributed by atoms with E-state index in [-0.39, 0.29) is 25.6 Å². The number of nitrogens with one attached hydrogen (secondary N) is 1. The van der Waals surface area contributed by atoms with E-state index >= 15 is 0 Å². The molecule has 100 valence electrons. The number of halogens is 1. The van der Waals surface area contributed by atoms with Crippen molar-refractivity contribution in [3.8, 4) is 5.75 Å². The summed E-state index contributed by atoms with van der Waals surface area (Å²) in [6.07, 6.45) is 5.03. The van der Waals surface area contributed by atoms with Crippen molar-refractivity contribution in [3.63, 3.8) is 0 Å². The van der Waals surface area contributed by atoms with Gasteiger partial charge in [-0.1, -0.05) is 23.7 Å². The first-order chi connectivity index (χ1) is 8.63. The van der Waals surface area contributed by atoms with Gasteiger partial charge in [0.25, 0.3) is 0 Å². The minimum atomic E-state index is 0. The Morgan fingerprint density at radius 1 is 1.26 bits per heavy atom. The summed E-state index contributed by atoms with van der Waals surface area (Å²) >= 11 is 6.11. The molecule has 5 heteroatoms. The van der Waals surface area contributed by atoms with Gasteiger partial charge in [-0.25, -0.2) is 0 Å². The van der Waals surface area contributed by atoms with Crippen LogP contribution in [0, 0.1) is 0 Å². The van der Waals surface area contributed by atoms with E-state index < -0.39 is 0 Å². The van der Waals surface area contributed by atoms with Crippen LogP contribution < -0.4 is 4.74 Å². The molecule has 3 atom stereocenters. The zero-order valence-corrected chi connectivity index (χ0v) is 15.0. The third kappa shape index (κ3) is 3.07. The van der Waals surface area contributed by atoms with E-state index in [9.17, 15) is 0 Å². The Morgan fingerprint density at radius 2 is 1.89 bits per heavy atom. The van der Waals surface area contributed by atoms with Gasteiger partial charge < -0.3 is 15.4 Å². The van der Waals surface area contributed by atoms with Gasteiger partial charge in [0.05, 0.1) is 5.02 Å². The molecule has 2 aliphatic rings. The SMILES string of the molecule is CN1[C@@H]2CC[C@H]1CC(Oc1ccc([NH-])cc1Cl)C2.[Zn]. The van der Waals surface area contributed by atoms with Crippen molar-refractivity contribution < 1.29 is 24.2 Å². The van der Waals surface area contributed by atoms with Crippen LogP contribution >= 0.6 is 11.6 Å². The molecule has 2 bridgehead atoms. The third-order valence-corrected chi connectivity index (χ3v) is 4.58. The molecule has 2 heterocycles. The van der Waals surface area contributed by atoms with Gasteiger partial charge >= 0.3 is 0 Å². The monoisotopic (exact) mass is 329 g/mol. The van der Waals surface area contributed by atoms with E-state index in [4.69, 9.17) is 22.1 Å². The van der Waals surface area contributed by atoms with Crippen LogP contribution in [-0.4, -0.2) is 30.1 Å². The number of hydrogen-bond acceptors (Lipinski definition) is 2. The van der Waals surface area contributed by atoms with Gasteiger partial charge in [0.2, 0.25) is 0 Å². The van der Waals surface area contributed by atoms with Gasteiger partial charge in [-0.05, 0) is 38.8 Å². The molecule has 0 radical (unpaired) electrons. The first-order valence-corrected chi connectivity index (χ1v) is 6.91. The van der Waals surface area contributed by atoms with Gasteiger partial charge in [-0.2, -0.15) is 0 Å². The maximum absolute atomic E-state index is 7.51. The molecule has 19 heavy (non-hydrogen) atoms. The van der Waals surface area contributed by atoms with Crippen molar-refractivity contribution in [2.24, 2.45) is 0 Å². The van der Waals surface area contributed by atoms with Gasteiger partial charge in [-0.15, -0.1) is 5.69 Å². The fourth-order valence-electron chi connectivity index (χ4n) is 3.23. The minimum absolute atomic E-state index is 0. The van der Waals surface area contributed by atoms with Crippen molar-refractivity contribution in [1.82, 2.24) is 4.90 Å². The van der Waals surface area contributed by atoms with E-state index in [1.54, 1.807) is 12.1 Å². The average molecular weight is 331 g/mol. The second-order valence-corrected chi connectivity index (χ2v) is 5.81. The molecule has 2 fully saturated rings. The molecule has 2 saturated heterocycles. The Kier molecular flexibility index (Phi) is 4.76. The number of fused-ring (bicyclic) bond motifs is 2. The summed E-state index contributed by atoms with van der Waals surface area (Å²) < 4.78 is 6.03. The predicted octanol–water partition coefficient (Wildman–Crippen LogP) is 4.03. The molecular formula is C14H18ClN2OZn-. The molecule has 0 aromatic heterocycles. The number of benzene rings is 1. The second-order valence-electron chi connectivity index (χ2n) is 5.41. The summed E-state index contributed by atoms with van der Waals surface area (Å²) in [5.74, 6) is 0.724. The van der Waals surface area contributed by atoms with Crippen LogP contribution in [-0.2, 0) is 19.5 Å². The molecule has 1 N–H and O–H groups in total. The number of nitrogens with zero attached hydrogens (tertiary/aromatic N) is 1. The minimum Gasteiger partial charge on any atom is -0.699 e. The summed E-state index contributed by atoms with van der Waals surface area (Å²) in [6, 6.07) is 6.52. The summed E-state index contributed by atoms with van der Waals surface area (Å²) in [5, 5.41) is 0.550. The number of hydrogen-bond donors (Lipinski definition) is 0. The van der Waals surface area contributed by atoms with Crippen LogP contribution in [0.5, 0.6) is 5.75 Å². The van der Waals surface area contributed by atoms with Crippen LogP contribution in [0.1, 0.15) is 25.7 Å². The number of ether oxygens (including phenoxy) is 1. The largest absolute Gasteiger partial charge is 0.699 e. The Bertz CT molecular complexity index is 443. The Balaban J connectivity index is 0.00000133. The molecule has 2 aliphatic heterocycles. The Hall–Kier alpha value is -0.307. The summed E-state index contributed by atoms with van der Waals surface area (Å²) in [7, 11) is 2.22. The number of rotatable bonds is 2. The normalized spacial score (nSPS) is 29.9. The van der Waals surface area contributed by atoms with Crippen molar-refractivity contribution in [2.75, 3.05) is 7.05 Å². The second kappa shape index (κ2) is 5.99. The van der Waals surface area contributed by atoms with Crippen molar-refractivity contribution in [1.29, 1.82) is 0 Å². The molecule has 0 spiro atoms. The van der Waals surface area contributed by atoms with E-state index in [1.807, 2.05) is 6.07 Å². The van der Waals surface area contributed by atoms with Crippen molar-refractivity contribution >= 4 is 17.3 Å². The topological polar surface area (TPSA) is 36.3 Å². The maximum atomic E-state index is 7.51. The molecule has 0 saturated carbocycles. The van der Waals surface area contributed by atoms with Crippen LogP contribution in [0.25, 0.3) is 5.73 Å². The zero-order chi connectivity index (χ0) is 12.7. The van der Waals surface area contributed by atoms with Crippen molar-refractivity contribution in [2.45, 2.75) is 43.9 Å². The summed E-state index contributed by atoms with van der Waals surface area (Å²) in [4.78, 5) is 2.49. The molecule has 1 unspecified atom stereocenters. The molecule has 0 amide bonds. The molecular weight excluding hydrogens is 313 g/mol. The van der Waals surface area contributed by atoms with Crippen LogP contribution in [0.4, 0.5) is 5.69 Å². The molecule has 3 rings (SSSR count). The molecule has 3 nitrogen and oxygen atoms in total. The first-order valence-electron chi connectivity index (χ1n) is 6.53. The number of piperidine rings is 1. The Morgan fingerprint density at radius 3 is 2.47 bits per heavy atom. The van der Waals surface area contributed by atoms with Gasteiger partial charge in [0.15, 0.2) is 0 Å². The van der Waals surface area contributed by atoms with E-state index in [1.165, 1.54) is 12.8 Å². The molecule has 1 aromatic rings. The third-order valence-electron chi connectivity index (χ3n) is 4.28. The van der Waals surface area contributed by atoms with E-state index in [0.29, 0.717) is 22.8 Å². The standard InChI is InChI=1S/C14H18ClN2O.Zn/c1-17-10-3-4-11(17)8-12(7-10)18-14-5-2-9(16)6-13(14)15;/h2,5-6,10-12,16H,3-4,7-8H2,1H3;/q-1;/t10-,11+,12?;. The first kappa shape index (κ1) is 15.1. The van der Waals surface area contributed by atoms with Gasteiger partial charge in [0, 0.05) is 31.6 Å². The quantitative estimate of drug-likeness (QED) is 0.767. The van der Waals surface area contributed by atoms with E-state index in [2.05, 4.69) is 11.9 Å². The zero-order valence-electron chi connectivity index (χ0n) is 11.2. The van der Waals surface area contributed by atoms with Gasteiger partial charge in [-0.3, -0.25) is 0 Å². The summed E-state index contributed by atoms with van der Waals surface area (Å²) in [5.41, 5.74) is 7.93.